The van der Waals surface area contributed by atoms with Crippen LogP contribution >= 0.6 is 0 Å². The molecule has 0 radical (unpaired) electrons. The number of hydrogen-bond acceptors (Lipinski definition) is 7. The van der Waals surface area contributed by atoms with Crippen molar-refractivity contribution in [3.8, 4) is 17.2 Å². The second kappa shape index (κ2) is 10.6. The van der Waals surface area contributed by atoms with E-state index in [1.807, 2.05) is 12.1 Å². The van der Waals surface area contributed by atoms with E-state index in [1.54, 1.807) is 44.4 Å². The molecule has 1 amide bonds. The van der Waals surface area contributed by atoms with E-state index in [9.17, 15) is 14.7 Å². The van der Waals surface area contributed by atoms with Crippen LogP contribution in [-0.2, 0) is 16.0 Å². The monoisotopic (exact) mass is 385 g/mol. The Morgan fingerprint density at radius 3 is 2.50 bits per heavy atom. The van der Waals surface area contributed by atoms with Gasteiger partial charge in [0.15, 0.2) is 11.5 Å². The minimum Gasteiger partial charge on any atom is -0.546 e. The number of benzene rings is 2. The number of nitrogens with one attached hydrogen (secondary N) is 1. The summed E-state index contributed by atoms with van der Waals surface area (Å²) < 4.78 is 15.6. The Kier molecular flexibility index (Phi) is 7.83. The van der Waals surface area contributed by atoms with Crippen molar-refractivity contribution in [1.29, 1.82) is 0 Å². The number of carboxylic acid groups (broad SMARTS) is 1. The lowest BCUT2D eigenvalue weighted by atomic mass is 10.1. The number of hydrazone groups is 1. The SMILES string of the molecule is CCOc1cc(/C=N\NC(=O)Cc2ccc(OC)cc2)ccc1OCC(=O)[O-]. The maximum absolute atomic E-state index is 12.0. The summed E-state index contributed by atoms with van der Waals surface area (Å²) >= 11 is 0. The van der Waals surface area contributed by atoms with Crippen LogP contribution in [-0.4, -0.2) is 38.4 Å². The lowest BCUT2D eigenvalue weighted by Gasteiger charge is -2.12. The number of rotatable bonds is 10. The summed E-state index contributed by atoms with van der Waals surface area (Å²) in [6.07, 6.45) is 1.64. The van der Waals surface area contributed by atoms with Gasteiger partial charge in [-0.25, -0.2) is 5.43 Å². The van der Waals surface area contributed by atoms with Crippen molar-refractivity contribution in [2.45, 2.75) is 13.3 Å². The first-order chi connectivity index (χ1) is 13.5. The van der Waals surface area contributed by atoms with Gasteiger partial charge in [-0.3, -0.25) is 4.79 Å². The van der Waals surface area contributed by atoms with Crippen molar-refractivity contribution in [2.75, 3.05) is 20.3 Å². The van der Waals surface area contributed by atoms with Gasteiger partial charge in [0.25, 0.3) is 0 Å². The Balaban J connectivity index is 1.95. The second-order valence-electron chi connectivity index (χ2n) is 5.62. The number of hydrogen-bond donors (Lipinski definition) is 1. The van der Waals surface area contributed by atoms with Gasteiger partial charge in [-0.15, -0.1) is 0 Å². The molecule has 0 spiro atoms. The summed E-state index contributed by atoms with van der Waals surface area (Å²) in [5.41, 5.74) is 3.94. The van der Waals surface area contributed by atoms with Crippen LogP contribution < -0.4 is 24.7 Å². The molecule has 2 aromatic rings. The number of ether oxygens (including phenoxy) is 3. The van der Waals surface area contributed by atoms with Crippen LogP contribution in [0.25, 0.3) is 0 Å². The van der Waals surface area contributed by atoms with Crippen molar-refractivity contribution in [2.24, 2.45) is 5.10 Å². The third kappa shape index (κ3) is 6.64. The van der Waals surface area contributed by atoms with Crippen LogP contribution in [0.3, 0.4) is 0 Å². The Labute approximate surface area is 162 Å². The predicted octanol–water partition coefficient (Wildman–Crippen LogP) is 0.915. The average molecular weight is 385 g/mol. The van der Waals surface area contributed by atoms with Crippen LogP contribution in [0.2, 0.25) is 0 Å². The highest BCUT2D eigenvalue weighted by Gasteiger charge is 2.07. The van der Waals surface area contributed by atoms with E-state index in [1.165, 1.54) is 6.21 Å². The molecule has 8 nitrogen and oxygen atoms in total. The van der Waals surface area contributed by atoms with E-state index in [0.29, 0.717) is 17.9 Å². The molecule has 0 saturated carbocycles. The van der Waals surface area contributed by atoms with Crippen molar-refractivity contribution in [3.63, 3.8) is 0 Å². The smallest absolute Gasteiger partial charge is 0.244 e. The van der Waals surface area contributed by atoms with Crippen molar-refractivity contribution >= 4 is 18.1 Å². The molecule has 0 aliphatic heterocycles. The zero-order valence-corrected chi connectivity index (χ0v) is 15.6. The maximum Gasteiger partial charge on any atom is 0.244 e. The van der Waals surface area contributed by atoms with Gasteiger partial charge in [0.05, 0.1) is 32.3 Å². The van der Waals surface area contributed by atoms with Crippen molar-refractivity contribution in [3.05, 3.63) is 53.6 Å². The molecule has 0 aliphatic carbocycles. The maximum atomic E-state index is 12.0. The molecular formula is C20H21N2O6-. The molecule has 0 bridgehead atoms. The Morgan fingerprint density at radius 1 is 1.11 bits per heavy atom. The number of carbonyl (C=O) groups excluding carboxylic acids is 2. The standard InChI is InChI=1S/C20H22N2O6/c1-3-27-18-10-15(6-9-17(18)28-13-20(24)25)12-21-22-19(23)11-14-4-7-16(26-2)8-5-14/h4-10,12H,3,11,13H2,1-2H3,(H,22,23)(H,24,25)/p-1/b21-12-. The van der Waals surface area contributed by atoms with Gasteiger partial charge in [-0.1, -0.05) is 12.1 Å². The van der Waals surface area contributed by atoms with Crippen molar-refractivity contribution < 1.29 is 28.9 Å². The number of aliphatic carboxylic acids is 1. The zero-order valence-electron chi connectivity index (χ0n) is 15.6. The molecule has 0 fully saturated rings. The fourth-order valence-corrected chi connectivity index (χ4v) is 2.28. The molecule has 1 N–H and O–H groups in total. The largest absolute Gasteiger partial charge is 0.546 e. The molecule has 0 aliphatic rings. The molecule has 8 heteroatoms. The number of carbonyl (C=O) groups is 2. The van der Waals surface area contributed by atoms with Gasteiger partial charge >= 0.3 is 0 Å². The first kappa shape index (κ1) is 20.8. The van der Waals surface area contributed by atoms with E-state index in [2.05, 4.69) is 10.5 Å². The molecule has 2 aromatic carbocycles. The van der Waals surface area contributed by atoms with Gasteiger partial charge in [-0.2, -0.15) is 5.10 Å². The van der Waals surface area contributed by atoms with Gasteiger partial charge in [0, 0.05) is 0 Å². The van der Waals surface area contributed by atoms with E-state index >= 15 is 0 Å². The lowest BCUT2D eigenvalue weighted by molar-refractivity contribution is -0.307. The molecule has 0 heterocycles. The zero-order chi connectivity index (χ0) is 20.4. The summed E-state index contributed by atoms with van der Waals surface area (Å²) in [5.74, 6) is -0.212. The van der Waals surface area contributed by atoms with Crippen LogP contribution in [0.15, 0.2) is 47.6 Å². The van der Waals surface area contributed by atoms with E-state index in [4.69, 9.17) is 14.2 Å². The fraction of sp³-hybridized carbons (Fsp3) is 0.250. The molecule has 28 heavy (non-hydrogen) atoms. The lowest BCUT2D eigenvalue weighted by Crippen LogP contribution is -2.29. The third-order valence-electron chi connectivity index (χ3n) is 3.54. The Bertz CT molecular complexity index is 833. The summed E-state index contributed by atoms with van der Waals surface area (Å²) in [7, 11) is 1.58. The van der Waals surface area contributed by atoms with Crippen LogP contribution in [0.1, 0.15) is 18.1 Å². The van der Waals surface area contributed by atoms with Gasteiger partial charge in [0.2, 0.25) is 5.91 Å². The molecule has 148 valence electrons. The van der Waals surface area contributed by atoms with E-state index < -0.39 is 12.6 Å². The van der Waals surface area contributed by atoms with Gasteiger partial charge < -0.3 is 24.1 Å². The number of nitrogens with zero attached hydrogens (tertiary/aromatic N) is 1. The van der Waals surface area contributed by atoms with Crippen LogP contribution in [0.5, 0.6) is 17.2 Å². The van der Waals surface area contributed by atoms with Crippen molar-refractivity contribution in [1.82, 2.24) is 5.43 Å². The summed E-state index contributed by atoms with van der Waals surface area (Å²) in [5, 5.41) is 14.5. The highest BCUT2D eigenvalue weighted by Crippen LogP contribution is 2.28. The van der Waals surface area contributed by atoms with E-state index in [-0.39, 0.29) is 18.1 Å². The van der Waals surface area contributed by atoms with Crippen LogP contribution in [0.4, 0.5) is 0 Å². The number of amides is 1. The summed E-state index contributed by atoms with van der Waals surface area (Å²) in [6, 6.07) is 12.0. The highest BCUT2D eigenvalue weighted by molar-refractivity contribution is 5.84. The molecule has 0 atom stereocenters. The molecule has 2 rings (SSSR count). The first-order valence-electron chi connectivity index (χ1n) is 8.56. The highest BCUT2D eigenvalue weighted by atomic mass is 16.5. The topological polar surface area (TPSA) is 109 Å². The fourth-order valence-electron chi connectivity index (χ4n) is 2.28. The molecule has 0 unspecified atom stereocenters. The molecular weight excluding hydrogens is 364 g/mol. The van der Waals surface area contributed by atoms with Crippen LogP contribution in [0, 0.1) is 0 Å². The first-order valence-corrected chi connectivity index (χ1v) is 8.56. The summed E-state index contributed by atoms with van der Waals surface area (Å²) in [4.78, 5) is 22.5. The normalized spacial score (nSPS) is 10.5. The minimum atomic E-state index is -1.33. The van der Waals surface area contributed by atoms with E-state index in [0.717, 1.165) is 11.3 Å². The summed E-state index contributed by atoms with van der Waals surface area (Å²) in [6.45, 7) is 1.60. The van der Waals surface area contributed by atoms with Gasteiger partial charge in [0.1, 0.15) is 12.4 Å². The Morgan fingerprint density at radius 2 is 1.86 bits per heavy atom. The third-order valence-corrected chi connectivity index (χ3v) is 3.54. The minimum absolute atomic E-state index is 0.182. The average Bonchev–Trinajstić information content (AvgIpc) is 2.68. The quantitative estimate of drug-likeness (QED) is 0.481. The second-order valence-corrected chi connectivity index (χ2v) is 5.62. The molecule has 0 saturated heterocycles. The predicted molar refractivity (Wildman–Crippen MR) is 101 cm³/mol. The molecule has 0 aromatic heterocycles. The van der Waals surface area contributed by atoms with Gasteiger partial charge in [-0.05, 0) is 48.4 Å². The number of methoxy groups -OCH3 is 1. The number of carboxylic acids is 1. The Hall–Kier alpha value is -3.55.